The zero-order chi connectivity index (χ0) is 14.8. The van der Waals surface area contributed by atoms with Gasteiger partial charge in [-0.05, 0) is 18.6 Å². The van der Waals surface area contributed by atoms with Gasteiger partial charge in [-0.3, -0.25) is 4.79 Å². The highest BCUT2D eigenvalue weighted by atomic mass is 35.5. The van der Waals surface area contributed by atoms with E-state index < -0.39 is 0 Å². The summed E-state index contributed by atoms with van der Waals surface area (Å²) in [4.78, 5) is 19.5. The maximum atomic E-state index is 12.7. The highest BCUT2D eigenvalue weighted by molar-refractivity contribution is 7.13. The summed E-state index contributed by atoms with van der Waals surface area (Å²) >= 11 is 7.74. The Bertz CT molecular complexity index is 658. The molecule has 110 valence electrons. The molecule has 6 heteroatoms. The maximum Gasteiger partial charge on any atom is 0.266 e. The molecule has 1 aromatic heterocycles. The third kappa shape index (κ3) is 2.95. The standard InChI is InChI=1S/C15H16ClN3OS/c1-10-18-9-14(21-10)15(20)19-7-6-17-8-13(19)11-4-2-3-5-12(11)16/h2-5,9,13,17H,6-8H2,1H3. The smallest absolute Gasteiger partial charge is 0.266 e. The molecule has 1 N–H and O–H groups in total. The molecule has 21 heavy (non-hydrogen) atoms. The van der Waals surface area contributed by atoms with Crippen LogP contribution in [0.5, 0.6) is 0 Å². The molecule has 0 saturated carbocycles. The average molecular weight is 322 g/mol. The van der Waals surface area contributed by atoms with Crippen LogP contribution in [0.2, 0.25) is 5.02 Å². The van der Waals surface area contributed by atoms with Gasteiger partial charge >= 0.3 is 0 Å². The fraction of sp³-hybridized carbons (Fsp3) is 0.333. The lowest BCUT2D eigenvalue weighted by Crippen LogP contribution is -2.48. The molecule has 0 bridgehead atoms. The number of aryl methyl sites for hydroxylation is 1. The Hall–Kier alpha value is -1.43. The summed E-state index contributed by atoms with van der Waals surface area (Å²) in [5.41, 5.74) is 0.987. The second-order valence-electron chi connectivity index (χ2n) is 4.98. The second kappa shape index (κ2) is 6.13. The Morgan fingerprint density at radius 2 is 2.29 bits per heavy atom. The van der Waals surface area contributed by atoms with Crippen molar-refractivity contribution >= 4 is 28.8 Å². The first kappa shape index (κ1) is 14.5. The van der Waals surface area contributed by atoms with E-state index in [1.54, 1.807) is 6.20 Å². The minimum atomic E-state index is -0.0395. The van der Waals surface area contributed by atoms with Crippen LogP contribution in [0, 0.1) is 6.92 Å². The number of aromatic nitrogens is 1. The van der Waals surface area contributed by atoms with Crippen molar-refractivity contribution in [2.24, 2.45) is 0 Å². The first-order valence-corrected chi connectivity index (χ1v) is 8.05. The number of thiazole rings is 1. The molecule has 1 amide bonds. The number of halogens is 1. The SMILES string of the molecule is Cc1ncc(C(=O)N2CCNCC2c2ccccc2Cl)s1. The summed E-state index contributed by atoms with van der Waals surface area (Å²) in [6, 6.07) is 7.67. The van der Waals surface area contributed by atoms with Crippen LogP contribution in [0.15, 0.2) is 30.5 Å². The lowest BCUT2D eigenvalue weighted by Gasteiger charge is -2.36. The Morgan fingerprint density at radius 1 is 1.48 bits per heavy atom. The number of nitrogens with one attached hydrogen (secondary N) is 1. The topological polar surface area (TPSA) is 45.2 Å². The van der Waals surface area contributed by atoms with Gasteiger partial charge in [-0.1, -0.05) is 29.8 Å². The van der Waals surface area contributed by atoms with Crippen LogP contribution in [0.3, 0.4) is 0 Å². The molecule has 1 aliphatic heterocycles. The van der Waals surface area contributed by atoms with E-state index in [-0.39, 0.29) is 11.9 Å². The predicted molar refractivity (Wildman–Crippen MR) is 85.0 cm³/mol. The van der Waals surface area contributed by atoms with Crippen molar-refractivity contribution in [3.05, 3.63) is 50.9 Å². The van der Waals surface area contributed by atoms with Gasteiger partial charge < -0.3 is 10.2 Å². The molecule has 0 radical (unpaired) electrons. The molecule has 1 atom stereocenters. The van der Waals surface area contributed by atoms with Crippen LogP contribution in [-0.4, -0.2) is 35.4 Å². The molecule has 2 heterocycles. The first-order chi connectivity index (χ1) is 10.2. The van der Waals surface area contributed by atoms with Gasteiger partial charge in [0, 0.05) is 24.7 Å². The Balaban J connectivity index is 1.92. The van der Waals surface area contributed by atoms with E-state index in [1.165, 1.54) is 11.3 Å². The van der Waals surface area contributed by atoms with Gasteiger partial charge in [-0.25, -0.2) is 4.98 Å². The van der Waals surface area contributed by atoms with Crippen molar-refractivity contribution in [2.45, 2.75) is 13.0 Å². The number of hydrogen-bond acceptors (Lipinski definition) is 4. The summed E-state index contributed by atoms with van der Waals surface area (Å²) in [7, 11) is 0. The lowest BCUT2D eigenvalue weighted by molar-refractivity contribution is 0.0639. The van der Waals surface area contributed by atoms with Crippen LogP contribution in [0.25, 0.3) is 0 Å². The molecule has 1 aliphatic rings. The van der Waals surface area contributed by atoms with Crippen molar-refractivity contribution in [3.8, 4) is 0 Å². The third-order valence-corrected chi connectivity index (χ3v) is 4.85. The maximum absolute atomic E-state index is 12.7. The summed E-state index contributed by atoms with van der Waals surface area (Å²) < 4.78 is 0. The van der Waals surface area contributed by atoms with Crippen LogP contribution >= 0.6 is 22.9 Å². The molecule has 1 aromatic carbocycles. The number of carbonyl (C=O) groups is 1. The summed E-state index contributed by atoms with van der Waals surface area (Å²) in [6.45, 7) is 4.09. The van der Waals surface area contributed by atoms with Crippen LogP contribution < -0.4 is 5.32 Å². The predicted octanol–water partition coefficient (Wildman–Crippen LogP) is 2.89. The molecular weight excluding hydrogens is 306 g/mol. The fourth-order valence-corrected chi connectivity index (χ4v) is 3.57. The largest absolute Gasteiger partial charge is 0.328 e. The third-order valence-electron chi connectivity index (χ3n) is 3.60. The minimum absolute atomic E-state index is 0.0343. The van der Waals surface area contributed by atoms with Gasteiger partial charge in [0.05, 0.1) is 17.2 Å². The van der Waals surface area contributed by atoms with Crippen molar-refractivity contribution in [3.63, 3.8) is 0 Å². The van der Waals surface area contributed by atoms with Gasteiger partial charge in [-0.15, -0.1) is 11.3 Å². The van der Waals surface area contributed by atoms with Crippen LogP contribution in [0.1, 0.15) is 26.3 Å². The van der Waals surface area contributed by atoms with E-state index in [2.05, 4.69) is 10.3 Å². The molecule has 0 spiro atoms. The highest BCUT2D eigenvalue weighted by Gasteiger charge is 2.30. The quantitative estimate of drug-likeness (QED) is 0.925. The summed E-state index contributed by atoms with van der Waals surface area (Å²) in [5, 5.41) is 4.94. The number of carbonyl (C=O) groups excluding carboxylic acids is 1. The van der Waals surface area contributed by atoms with Crippen molar-refractivity contribution in [1.82, 2.24) is 15.2 Å². The second-order valence-corrected chi connectivity index (χ2v) is 6.63. The molecular formula is C15H16ClN3OS. The Labute approximate surface area is 132 Å². The van der Waals surface area contributed by atoms with E-state index in [0.29, 0.717) is 23.0 Å². The van der Waals surface area contributed by atoms with Gasteiger partial charge in [0.25, 0.3) is 5.91 Å². The van der Waals surface area contributed by atoms with E-state index in [4.69, 9.17) is 11.6 Å². The Kier molecular flexibility index (Phi) is 4.24. The van der Waals surface area contributed by atoms with Crippen LogP contribution in [0.4, 0.5) is 0 Å². The zero-order valence-electron chi connectivity index (χ0n) is 11.7. The van der Waals surface area contributed by atoms with E-state index >= 15 is 0 Å². The van der Waals surface area contributed by atoms with Crippen molar-refractivity contribution in [2.75, 3.05) is 19.6 Å². The fourth-order valence-electron chi connectivity index (χ4n) is 2.57. The lowest BCUT2D eigenvalue weighted by atomic mass is 10.0. The monoisotopic (exact) mass is 321 g/mol. The van der Waals surface area contributed by atoms with Gasteiger partial charge in [0.15, 0.2) is 0 Å². The highest BCUT2D eigenvalue weighted by Crippen LogP contribution is 2.30. The normalized spacial score (nSPS) is 18.8. The van der Waals surface area contributed by atoms with E-state index in [1.807, 2.05) is 36.1 Å². The Morgan fingerprint density at radius 3 is 3.00 bits per heavy atom. The number of piperazine rings is 1. The molecule has 1 fully saturated rings. The zero-order valence-corrected chi connectivity index (χ0v) is 13.2. The number of hydrogen-bond donors (Lipinski definition) is 1. The van der Waals surface area contributed by atoms with E-state index in [0.717, 1.165) is 17.1 Å². The molecule has 1 unspecified atom stereocenters. The van der Waals surface area contributed by atoms with Gasteiger partial charge in [0.1, 0.15) is 4.88 Å². The molecule has 4 nitrogen and oxygen atoms in total. The number of nitrogens with zero attached hydrogens (tertiary/aromatic N) is 2. The molecule has 2 aromatic rings. The van der Waals surface area contributed by atoms with Gasteiger partial charge in [0.2, 0.25) is 0 Å². The van der Waals surface area contributed by atoms with Crippen molar-refractivity contribution < 1.29 is 4.79 Å². The molecule has 1 saturated heterocycles. The number of rotatable bonds is 2. The van der Waals surface area contributed by atoms with Gasteiger partial charge in [-0.2, -0.15) is 0 Å². The first-order valence-electron chi connectivity index (χ1n) is 6.85. The minimum Gasteiger partial charge on any atom is -0.328 e. The number of amides is 1. The number of benzene rings is 1. The summed E-state index contributed by atoms with van der Waals surface area (Å²) in [5.74, 6) is 0.0343. The molecule has 3 rings (SSSR count). The molecule has 0 aliphatic carbocycles. The van der Waals surface area contributed by atoms with Crippen molar-refractivity contribution in [1.29, 1.82) is 0 Å². The summed E-state index contributed by atoms with van der Waals surface area (Å²) in [6.07, 6.45) is 1.66. The average Bonchev–Trinajstić information content (AvgIpc) is 2.94. The van der Waals surface area contributed by atoms with E-state index in [9.17, 15) is 4.79 Å². The van der Waals surface area contributed by atoms with Crippen LogP contribution in [-0.2, 0) is 0 Å².